The highest BCUT2D eigenvalue weighted by Crippen LogP contribution is 2.30. The largest absolute Gasteiger partial charge is 0.497 e. The van der Waals surface area contributed by atoms with E-state index in [0.717, 1.165) is 28.0 Å². The van der Waals surface area contributed by atoms with Crippen molar-refractivity contribution in [3.05, 3.63) is 75.7 Å². The molecule has 8 nitrogen and oxygen atoms in total. The van der Waals surface area contributed by atoms with Gasteiger partial charge in [0.2, 0.25) is 5.91 Å². The summed E-state index contributed by atoms with van der Waals surface area (Å²) >= 11 is 0. The van der Waals surface area contributed by atoms with Crippen molar-refractivity contribution in [3.8, 4) is 17.2 Å². The summed E-state index contributed by atoms with van der Waals surface area (Å²) in [4.78, 5) is 26.3. The Kier molecular flexibility index (Phi) is 6.91. The molecule has 0 unspecified atom stereocenters. The Bertz CT molecular complexity index is 1440. The number of hydrogen-bond acceptors (Lipinski definition) is 5. The van der Waals surface area contributed by atoms with Gasteiger partial charge in [0.25, 0.3) is 5.56 Å². The lowest BCUT2D eigenvalue weighted by Crippen LogP contribution is -2.27. The van der Waals surface area contributed by atoms with Crippen molar-refractivity contribution in [1.82, 2.24) is 14.3 Å². The van der Waals surface area contributed by atoms with Crippen molar-refractivity contribution in [2.75, 3.05) is 19.5 Å². The molecule has 2 aromatic heterocycles. The third-order valence-corrected chi connectivity index (χ3v) is 6.22. The first kappa shape index (κ1) is 24.1. The van der Waals surface area contributed by atoms with Gasteiger partial charge in [0.1, 0.15) is 17.1 Å². The zero-order chi connectivity index (χ0) is 25.1. The van der Waals surface area contributed by atoms with Crippen LogP contribution in [0.2, 0.25) is 0 Å². The normalized spacial score (nSPS) is 11.0. The van der Waals surface area contributed by atoms with E-state index in [1.54, 1.807) is 29.9 Å². The molecular weight excluding hydrogens is 444 g/mol. The maximum atomic E-state index is 13.5. The van der Waals surface area contributed by atoms with Crippen LogP contribution in [0.4, 0.5) is 5.69 Å². The van der Waals surface area contributed by atoms with Crippen LogP contribution in [0.5, 0.6) is 11.5 Å². The van der Waals surface area contributed by atoms with E-state index in [1.807, 2.05) is 55.8 Å². The second kappa shape index (κ2) is 10.0. The Balaban J connectivity index is 1.66. The number of nitrogens with zero attached hydrogens (tertiary/aromatic N) is 3. The molecule has 182 valence electrons. The van der Waals surface area contributed by atoms with Crippen molar-refractivity contribution < 1.29 is 14.3 Å². The molecule has 0 aliphatic rings. The Hall–Kier alpha value is -4.07. The summed E-state index contributed by atoms with van der Waals surface area (Å²) in [7, 11) is 3.11. The molecule has 0 radical (unpaired) electrons. The highest BCUT2D eigenvalue weighted by Gasteiger charge is 2.21. The number of carbonyl (C=O) groups is 1. The van der Waals surface area contributed by atoms with E-state index in [4.69, 9.17) is 14.6 Å². The molecule has 8 heteroatoms. The molecule has 2 heterocycles. The van der Waals surface area contributed by atoms with Crippen LogP contribution < -0.4 is 20.3 Å². The quantitative estimate of drug-likeness (QED) is 0.409. The fourth-order valence-electron chi connectivity index (χ4n) is 4.46. The maximum Gasteiger partial charge on any atom is 0.255 e. The van der Waals surface area contributed by atoms with Gasteiger partial charge >= 0.3 is 0 Å². The van der Waals surface area contributed by atoms with E-state index < -0.39 is 0 Å². The van der Waals surface area contributed by atoms with E-state index in [2.05, 4.69) is 5.32 Å². The topological polar surface area (TPSA) is 87.4 Å². The SMILES string of the molecule is CCn1c(=O)c(CCC(=O)Nc2ccc(OC)cc2OC)c(C)c2c(C)nn(-c3ccccc3)c21. The number of methoxy groups -OCH3 is 2. The Labute approximate surface area is 204 Å². The Morgan fingerprint density at radius 3 is 2.46 bits per heavy atom. The first-order valence-corrected chi connectivity index (χ1v) is 11.6. The van der Waals surface area contributed by atoms with Crippen LogP contribution in [0.3, 0.4) is 0 Å². The lowest BCUT2D eigenvalue weighted by Gasteiger charge is -2.15. The van der Waals surface area contributed by atoms with E-state index in [1.165, 1.54) is 7.11 Å². The number of anilines is 1. The molecule has 0 atom stereocenters. The zero-order valence-electron chi connectivity index (χ0n) is 20.7. The number of carbonyl (C=O) groups excluding carboxylic acids is 1. The van der Waals surface area contributed by atoms with Crippen LogP contribution in [0.25, 0.3) is 16.7 Å². The number of para-hydroxylation sites is 1. The number of fused-ring (bicyclic) bond motifs is 1. The van der Waals surface area contributed by atoms with Gasteiger partial charge in [0, 0.05) is 30.0 Å². The number of aryl methyl sites for hydroxylation is 3. The number of ether oxygens (including phenoxy) is 2. The summed E-state index contributed by atoms with van der Waals surface area (Å²) in [6.45, 7) is 6.33. The lowest BCUT2D eigenvalue weighted by molar-refractivity contribution is -0.116. The number of nitrogens with one attached hydrogen (secondary N) is 1. The molecule has 0 bridgehead atoms. The number of benzene rings is 2. The van der Waals surface area contributed by atoms with E-state index in [9.17, 15) is 9.59 Å². The number of rotatable bonds is 8. The Morgan fingerprint density at radius 2 is 1.80 bits per heavy atom. The fourth-order valence-corrected chi connectivity index (χ4v) is 4.46. The zero-order valence-corrected chi connectivity index (χ0v) is 20.7. The lowest BCUT2D eigenvalue weighted by atomic mass is 10.0. The van der Waals surface area contributed by atoms with Gasteiger partial charge in [-0.1, -0.05) is 18.2 Å². The van der Waals surface area contributed by atoms with Crippen LogP contribution in [-0.2, 0) is 17.8 Å². The fraction of sp³-hybridized carbons (Fsp3) is 0.296. The van der Waals surface area contributed by atoms with Crippen molar-refractivity contribution in [1.29, 1.82) is 0 Å². The summed E-state index contributed by atoms with van der Waals surface area (Å²) in [6.07, 6.45) is 0.479. The van der Waals surface area contributed by atoms with Gasteiger partial charge < -0.3 is 14.8 Å². The van der Waals surface area contributed by atoms with Gasteiger partial charge in [-0.05, 0) is 57.0 Å². The smallest absolute Gasteiger partial charge is 0.255 e. The number of hydrogen-bond donors (Lipinski definition) is 1. The van der Waals surface area contributed by atoms with Gasteiger partial charge in [0.05, 0.1) is 31.3 Å². The van der Waals surface area contributed by atoms with Gasteiger partial charge in [-0.25, -0.2) is 4.68 Å². The van der Waals surface area contributed by atoms with Crippen molar-refractivity contribution in [2.45, 2.75) is 40.2 Å². The van der Waals surface area contributed by atoms with E-state index in [-0.39, 0.29) is 17.9 Å². The third-order valence-electron chi connectivity index (χ3n) is 6.22. The number of aromatic nitrogens is 3. The first-order valence-electron chi connectivity index (χ1n) is 11.6. The molecule has 0 aliphatic heterocycles. The van der Waals surface area contributed by atoms with Crippen LogP contribution in [0.1, 0.15) is 30.2 Å². The molecule has 2 aromatic carbocycles. The second-order valence-corrected chi connectivity index (χ2v) is 8.30. The maximum absolute atomic E-state index is 13.5. The molecule has 4 aromatic rings. The van der Waals surface area contributed by atoms with Crippen molar-refractivity contribution in [2.24, 2.45) is 0 Å². The molecule has 0 fully saturated rings. The minimum Gasteiger partial charge on any atom is -0.497 e. The standard InChI is InChI=1S/C27H30N4O4/c1-6-30-26-25(18(3)29-31(26)19-10-8-7-9-11-19)17(2)21(27(30)33)13-15-24(32)28-22-14-12-20(34-4)16-23(22)35-5/h7-12,14,16H,6,13,15H2,1-5H3,(H,28,32). The van der Waals surface area contributed by atoms with E-state index >= 15 is 0 Å². The minimum atomic E-state index is -0.202. The minimum absolute atomic E-state index is 0.0931. The van der Waals surface area contributed by atoms with Crippen molar-refractivity contribution >= 4 is 22.6 Å². The summed E-state index contributed by atoms with van der Waals surface area (Å²) in [5.41, 5.74) is 4.47. The molecule has 4 rings (SSSR count). The molecule has 1 N–H and O–H groups in total. The van der Waals surface area contributed by atoms with Gasteiger partial charge in [0.15, 0.2) is 0 Å². The van der Waals surface area contributed by atoms with Gasteiger partial charge in [-0.2, -0.15) is 5.10 Å². The van der Waals surface area contributed by atoms with Crippen LogP contribution in [0.15, 0.2) is 53.3 Å². The molecule has 0 saturated heterocycles. The average molecular weight is 475 g/mol. The molecular formula is C27H30N4O4. The molecule has 0 saturated carbocycles. The molecule has 35 heavy (non-hydrogen) atoms. The molecule has 1 amide bonds. The average Bonchev–Trinajstić information content (AvgIpc) is 3.22. The summed E-state index contributed by atoms with van der Waals surface area (Å²) in [5.74, 6) is 0.940. The van der Waals surface area contributed by atoms with Gasteiger partial charge in [-0.15, -0.1) is 0 Å². The summed E-state index contributed by atoms with van der Waals surface area (Å²) in [5, 5.41) is 8.58. The van der Waals surface area contributed by atoms with Crippen LogP contribution >= 0.6 is 0 Å². The van der Waals surface area contributed by atoms with Crippen LogP contribution in [-0.4, -0.2) is 34.5 Å². The third kappa shape index (κ3) is 4.51. The van der Waals surface area contributed by atoms with Gasteiger partial charge in [-0.3, -0.25) is 14.2 Å². The molecule has 0 spiro atoms. The van der Waals surface area contributed by atoms with Crippen LogP contribution in [0, 0.1) is 13.8 Å². The summed E-state index contributed by atoms with van der Waals surface area (Å²) < 4.78 is 14.1. The predicted molar refractivity (Wildman–Crippen MR) is 137 cm³/mol. The first-order chi connectivity index (χ1) is 16.9. The highest BCUT2D eigenvalue weighted by atomic mass is 16.5. The summed E-state index contributed by atoms with van der Waals surface area (Å²) in [6, 6.07) is 15.0. The van der Waals surface area contributed by atoms with E-state index in [0.29, 0.717) is 35.7 Å². The molecule has 0 aliphatic carbocycles. The predicted octanol–water partition coefficient (Wildman–Crippen LogP) is 4.41. The monoisotopic (exact) mass is 474 g/mol. The number of pyridine rings is 1. The Morgan fingerprint density at radius 1 is 1.06 bits per heavy atom. The van der Waals surface area contributed by atoms with Crippen molar-refractivity contribution in [3.63, 3.8) is 0 Å². The number of amides is 1. The highest BCUT2D eigenvalue weighted by molar-refractivity contribution is 5.93. The second-order valence-electron chi connectivity index (χ2n) is 8.30.